The summed E-state index contributed by atoms with van der Waals surface area (Å²) in [7, 11) is 0. The Kier molecular flexibility index (Phi) is 4.38. The van der Waals surface area contributed by atoms with E-state index in [2.05, 4.69) is 15.9 Å². The van der Waals surface area contributed by atoms with Gasteiger partial charge in [0.1, 0.15) is 5.58 Å². The van der Waals surface area contributed by atoms with Crippen LogP contribution in [0.25, 0.3) is 11.0 Å². The van der Waals surface area contributed by atoms with Crippen molar-refractivity contribution in [3.63, 3.8) is 0 Å². The molecule has 0 aliphatic heterocycles. The molecule has 5 heteroatoms. The number of furan rings is 1. The van der Waals surface area contributed by atoms with Crippen LogP contribution in [-0.2, 0) is 11.2 Å². The zero-order chi connectivity index (χ0) is 14.8. The first kappa shape index (κ1) is 14.7. The van der Waals surface area contributed by atoms with Crippen molar-refractivity contribution in [2.45, 2.75) is 11.3 Å². The van der Waals surface area contributed by atoms with Crippen molar-refractivity contribution in [1.29, 1.82) is 0 Å². The second-order valence-electron chi connectivity index (χ2n) is 4.51. The van der Waals surface area contributed by atoms with Crippen LogP contribution in [0.1, 0.15) is 5.56 Å². The number of carbonyl (C=O) groups excluding carboxylic acids is 1. The first-order chi connectivity index (χ1) is 10.1. The summed E-state index contributed by atoms with van der Waals surface area (Å²) in [6, 6.07) is 13.0. The molecule has 0 spiro atoms. The molecule has 0 saturated carbocycles. The van der Waals surface area contributed by atoms with Gasteiger partial charge in [-0.3, -0.25) is 4.79 Å². The van der Waals surface area contributed by atoms with Crippen LogP contribution in [0.5, 0.6) is 0 Å². The van der Waals surface area contributed by atoms with Gasteiger partial charge in [0.2, 0.25) is 0 Å². The van der Waals surface area contributed by atoms with E-state index < -0.39 is 0 Å². The van der Waals surface area contributed by atoms with Crippen molar-refractivity contribution in [3.05, 3.63) is 63.8 Å². The van der Waals surface area contributed by atoms with Crippen molar-refractivity contribution in [1.82, 2.24) is 0 Å². The van der Waals surface area contributed by atoms with Gasteiger partial charge in [-0.2, -0.15) is 0 Å². The van der Waals surface area contributed by atoms with E-state index in [1.165, 1.54) is 11.8 Å². The van der Waals surface area contributed by atoms with E-state index in [-0.39, 0.29) is 5.12 Å². The minimum Gasteiger partial charge on any atom is -0.464 e. The lowest BCUT2D eigenvalue weighted by Gasteiger charge is -2.00. The molecule has 21 heavy (non-hydrogen) atoms. The summed E-state index contributed by atoms with van der Waals surface area (Å²) in [4.78, 5) is 13.1. The van der Waals surface area contributed by atoms with Gasteiger partial charge in [0.25, 0.3) is 0 Å². The summed E-state index contributed by atoms with van der Waals surface area (Å²) in [5.74, 6) is 0. The molecule has 0 aliphatic rings. The Labute approximate surface area is 139 Å². The maximum Gasteiger partial charge on any atom is 0.198 e. The lowest BCUT2D eigenvalue weighted by atomic mass is 10.1. The molecule has 0 fully saturated rings. The molecule has 0 radical (unpaired) electrons. The van der Waals surface area contributed by atoms with E-state index in [1.807, 2.05) is 30.3 Å². The van der Waals surface area contributed by atoms with Crippen molar-refractivity contribution in [2.75, 3.05) is 0 Å². The molecule has 0 aliphatic carbocycles. The van der Waals surface area contributed by atoms with Gasteiger partial charge in [-0.15, -0.1) is 0 Å². The normalized spacial score (nSPS) is 11.0. The molecule has 0 unspecified atom stereocenters. The maximum absolute atomic E-state index is 12.2. The predicted molar refractivity (Wildman–Crippen MR) is 89.9 cm³/mol. The number of fused-ring (bicyclic) bond motifs is 1. The molecule has 1 heterocycles. The SMILES string of the molecule is O=C(Cc1coc2ccc(Br)cc12)Sc1ccc(Cl)cc1. The Morgan fingerprint density at radius 2 is 1.95 bits per heavy atom. The van der Waals surface area contributed by atoms with E-state index in [0.717, 1.165) is 25.9 Å². The van der Waals surface area contributed by atoms with Crippen molar-refractivity contribution >= 4 is 55.4 Å². The number of rotatable bonds is 3. The molecule has 0 saturated heterocycles. The fourth-order valence-corrected chi connectivity index (χ4v) is 3.27. The lowest BCUT2D eigenvalue weighted by molar-refractivity contribution is -0.110. The smallest absolute Gasteiger partial charge is 0.198 e. The van der Waals surface area contributed by atoms with Gasteiger partial charge in [-0.05, 0) is 42.5 Å². The van der Waals surface area contributed by atoms with Crippen LogP contribution in [0.2, 0.25) is 5.02 Å². The second-order valence-corrected chi connectivity index (χ2v) is 6.99. The largest absolute Gasteiger partial charge is 0.464 e. The Morgan fingerprint density at radius 1 is 1.19 bits per heavy atom. The van der Waals surface area contributed by atoms with Crippen LogP contribution in [0, 0.1) is 0 Å². The Morgan fingerprint density at radius 3 is 2.71 bits per heavy atom. The lowest BCUT2D eigenvalue weighted by Crippen LogP contribution is -1.96. The quantitative estimate of drug-likeness (QED) is 0.544. The minimum absolute atomic E-state index is 0.0694. The summed E-state index contributed by atoms with van der Waals surface area (Å²) in [5.41, 5.74) is 1.69. The van der Waals surface area contributed by atoms with Gasteiger partial charge in [-0.1, -0.05) is 39.3 Å². The number of benzene rings is 2. The number of hydrogen-bond donors (Lipinski definition) is 0. The van der Waals surface area contributed by atoms with E-state index in [1.54, 1.807) is 18.4 Å². The fourth-order valence-electron chi connectivity index (χ4n) is 2.02. The number of thioether (sulfide) groups is 1. The maximum atomic E-state index is 12.2. The van der Waals surface area contributed by atoms with E-state index in [4.69, 9.17) is 16.0 Å². The molecule has 3 rings (SSSR count). The Hall–Kier alpha value is -1.23. The third kappa shape index (κ3) is 3.51. The molecule has 0 atom stereocenters. The van der Waals surface area contributed by atoms with Crippen molar-refractivity contribution in [2.24, 2.45) is 0 Å². The van der Waals surface area contributed by atoms with Gasteiger partial charge < -0.3 is 4.42 Å². The van der Waals surface area contributed by atoms with Gasteiger partial charge in [0, 0.05) is 31.8 Å². The highest BCUT2D eigenvalue weighted by Crippen LogP contribution is 2.28. The molecule has 0 N–H and O–H groups in total. The second kappa shape index (κ2) is 6.26. The molecule has 2 aromatic carbocycles. The molecule has 0 bridgehead atoms. The first-order valence-electron chi connectivity index (χ1n) is 6.24. The van der Waals surface area contributed by atoms with E-state index >= 15 is 0 Å². The van der Waals surface area contributed by atoms with Crippen molar-refractivity contribution < 1.29 is 9.21 Å². The monoisotopic (exact) mass is 380 g/mol. The van der Waals surface area contributed by atoms with Gasteiger partial charge >= 0.3 is 0 Å². The predicted octanol–water partition coefficient (Wildman–Crippen LogP) is 5.71. The topological polar surface area (TPSA) is 30.2 Å². The fraction of sp³-hybridized carbons (Fsp3) is 0.0625. The minimum atomic E-state index is 0.0694. The molecule has 0 amide bonds. The highest BCUT2D eigenvalue weighted by atomic mass is 79.9. The van der Waals surface area contributed by atoms with E-state index in [9.17, 15) is 4.79 Å². The van der Waals surface area contributed by atoms with Crippen LogP contribution < -0.4 is 0 Å². The van der Waals surface area contributed by atoms with Crippen LogP contribution in [0.4, 0.5) is 0 Å². The average Bonchev–Trinajstić information content (AvgIpc) is 2.84. The molecular weight excluding hydrogens is 372 g/mol. The summed E-state index contributed by atoms with van der Waals surface area (Å²) >= 11 is 10.5. The van der Waals surface area contributed by atoms with Crippen LogP contribution >= 0.6 is 39.3 Å². The summed E-state index contributed by atoms with van der Waals surface area (Å²) in [6.45, 7) is 0. The highest BCUT2D eigenvalue weighted by Gasteiger charge is 2.12. The Balaban J connectivity index is 1.77. The van der Waals surface area contributed by atoms with Crippen LogP contribution in [0.15, 0.2) is 62.5 Å². The van der Waals surface area contributed by atoms with Crippen LogP contribution in [0.3, 0.4) is 0 Å². The van der Waals surface area contributed by atoms with Gasteiger partial charge in [-0.25, -0.2) is 0 Å². The molecule has 1 aromatic heterocycles. The standard InChI is InChI=1S/C16H10BrClO2S/c17-11-1-6-15-14(8-11)10(9-20-15)7-16(19)21-13-4-2-12(18)3-5-13/h1-6,8-9H,7H2. The summed E-state index contributed by atoms with van der Waals surface area (Å²) in [5, 5.41) is 1.70. The third-order valence-corrected chi connectivity index (χ3v) is 4.62. The van der Waals surface area contributed by atoms with Gasteiger partial charge in [0.15, 0.2) is 5.12 Å². The van der Waals surface area contributed by atoms with Crippen LogP contribution in [-0.4, -0.2) is 5.12 Å². The highest BCUT2D eigenvalue weighted by molar-refractivity contribution is 9.10. The van der Waals surface area contributed by atoms with Crippen molar-refractivity contribution in [3.8, 4) is 0 Å². The molecular formula is C16H10BrClO2S. The van der Waals surface area contributed by atoms with E-state index in [0.29, 0.717) is 11.4 Å². The summed E-state index contributed by atoms with van der Waals surface area (Å²) < 4.78 is 6.44. The molecule has 106 valence electrons. The molecule has 2 nitrogen and oxygen atoms in total. The number of hydrogen-bond acceptors (Lipinski definition) is 3. The number of carbonyl (C=O) groups is 1. The molecule has 3 aromatic rings. The first-order valence-corrected chi connectivity index (χ1v) is 8.22. The zero-order valence-electron chi connectivity index (χ0n) is 10.8. The zero-order valence-corrected chi connectivity index (χ0v) is 14.0. The summed E-state index contributed by atoms with van der Waals surface area (Å²) in [6.07, 6.45) is 1.98. The number of halogens is 2. The average molecular weight is 382 g/mol. The van der Waals surface area contributed by atoms with Gasteiger partial charge in [0.05, 0.1) is 6.26 Å². The third-order valence-electron chi connectivity index (χ3n) is 3.00. The Bertz CT molecular complexity index is 796.